The third-order valence-electron chi connectivity index (χ3n) is 6.81. The molecule has 3 rings (SSSR count). The van der Waals surface area contributed by atoms with Gasteiger partial charge in [-0.1, -0.05) is 20.8 Å². The second kappa shape index (κ2) is 4.86. The van der Waals surface area contributed by atoms with Gasteiger partial charge in [-0.2, -0.15) is 0 Å². The number of halogens is 1. The highest BCUT2D eigenvalue weighted by atomic mass is 35.5. The maximum absolute atomic E-state index is 10.4. The highest BCUT2D eigenvalue weighted by Crippen LogP contribution is 2.69. The van der Waals surface area contributed by atoms with Crippen LogP contribution < -0.4 is 0 Å². The van der Waals surface area contributed by atoms with Gasteiger partial charge in [0, 0.05) is 11.3 Å². The van der Waals surface area contributed by atoms with Crippen LogP contribution in [0.3, 0.4) is 0 Å². The Kier molecular flexibility index (Phi) is 3.67. The summed E-state index contributed by atoms with van der Waals surface area (Å²) in [6.07, 6.45) is 7.02. The number of ether oxygens (including phenoxy) is 1. The van der Waals surface area contributed by atoms with Crippen LogP contribution in [0.1, 0.15) is 59.3 Å². The summed E-state index contributed by atoms with van der Waals surface area (Å²) in [7, 11) is 0. The van der Waals surface area contributed by atoms with Crippen LogP contribution in [0.2, 0.25) is 0 Å². The molecule has 2 nitrogen and oxygen atoms in total. The molecular weight excluding hydrogens is 272 g/mol. The minimum absolute atomic E-state index is 0.109. The standard InChI is InChI=1S/C17H29ClO2/c1-15(2)10-14(20-9-8-18)17-7-5-13(19)16(3,11-17)6-4-12(15)17/h12-14,19H,4-11H2,1-3H3/t12-,13+,14-,16-,17-/m0/s1. The van der Waals surface area contributed by atoms with Crippen LogP contribution in [0.5, 0.6) is 0 Å². The van der Waals surface area contributed by atoms with Gasteiger partial charge in [0.1, 0.15) is 0 Å². The van der Waals surface area contributed by atoms with Gasteiger partial charge >= 0.3 is 0 Å². The minimum atomic E-state index is -0.119. The fraction of sp³-hybridized carbons (Fsp3) is 1.00. The first-order valence-corrected chi connectivity index (χ1v) is 8.73. The maximum Gasteiger partial charge on any atom is 0.0640 e. The highest BCUT2D eigenvalue weighted by Gasteiger charge is 2.65. The SMILES string of the molecule is CC1(C)C[C@H](OCCCl)[C@]23CC[C@@H](O)[C@@](C)(CC[C@@H]12)C3. The van der Waals surface area contributed by atoms with Crippen LogP contribution >= 0.6 is 11.6 Å². The number of hydrogen-bond acceptors (Lipinski definition) is 2. The lowest BCUT2D eigenvalue weighted by Crippen LogP contribution is -2.54. The molecule has 1 spiro atoms. The van der Waals surface area contributed by atoms with E-state index in [0.717, 1.165) is 31.6 Å². The molecule has 0 heterocycles. The van der Waals surface area contributed by atoms with Crippen LogP contribution in [-0.4, -0.2) is 29.8 Å². The van der Waals surface area contributed by atoms with Crippen molar-refractivity contribution < 1.29 is 9.84 Å². The van der Waals surface area contributed by atoms with Gasteiger partial charge in [0.15, 0.2) is 0 Å². The molecule has 1 N–H and O–H groups in total. The van der Waals surface area contributed by atoms with Gasteiger partial charge in [-0.25, -0.2) is 0 Å². The summed E-state index contributed by atoms with van der Waals surface area (Å²) in [5.41, 5.74) is 0.764. The number of alkyl halides is 1. The van der Waals surface area contributed by atoms with Gasteiger partial charge in [-0.3, -0.25) is 0 Å². The van der Waals surface area contributed by atoms with Crippen LogP contribution in [0, 0.1) is 22.2 Å². The van der Waals surface area contributed by atoms with E-state index in [1.54, 1.807) is 0 Å². The van der Waals surface area contributed by atoms with E-state index in [4.69, 9.17) is 16.3 Å². The zero-order valence-electron chi connectivity index (χ0n) is 13.1. The topological polar surface area (TPSA) is 29.5 Å². The molecule has 0 aromatic rings. The Balaban J connectivity index is 1.92. The molecule has 0 radical (unpaired) electrons. The van der Waals surface area contributed by atoms with E-state index in [9.17, 15) is 5.11 Å². The van der Waals surface area contributed by atoms with Gasteiger partial charge < -0.3 is 9.84 Å². The molecule has 3 saturated carbocycles. The van der Waals surface area contributed by atoms with E-state index in [0.29, 0.717) is 29.4 Å². The second-order valence-electron chi connectivity index (χ2n) is 8.45. The fourth-order valence-corrected chi connectivity index (χ4v) is 6.02. The summed E-state index contributed by atoms with van der Waals surface area (Å²) < 4.78 is 6.20. The van der Waals surface area contributed by atoms with Crippen molar-refractivity contribution in [3.63, 3.8) is 0 Å². The average Bonchev–Trinajstić information content (AvgIpc) is 2.59. The van der Waals surface area contributed by atoms with Crippen molar-refractivity contribution in [2.45, 2.75) is 71.5 Å². The normalized spacial score (nSPS) is 50.0. The third kappa shape index (κ3) is 2.06. The van der Waals surface area contributed by atoms with Crippen molar-refractivity contribution in [3.05, 3.63) is 0 Å². The Labute approximate surface area is 128 Å². The summed E-state index contributed by atoms with van der Waals surface area (Å²) in [5, 5.41) is 10.4. The van der Waals surface area contributed by atoms with E-state index in [-0.39, 0.29) is 11.5 Å². The first-order chi connectivity index (χ1) is 9.34. The van der Waals surface area contributed by atoms with Crippen LogP contribution in [0.25, 0.3) is 0 Å². The maximum atomic E-state index is 10.4. The quantitative estimate of drug-likeness (QED) is 0.799. The van der Waals surface area contributed by atoms with Gasteiger partial charge in [-0.05, 0) is 55.3 Å². The van der Waals surface area contributed by atoms with Crippen molar-refractivity contribution in [1.82, 2.24) is 0 Å². The van der Waals surface area contributed by atoms with Gasteiger partial charge in [0.25, 0.3) is 0 Å². The van der Waals surface area contributed by atoms with Gasteiger partial charge in [0.05, 0.1) is 18.8 Å². The molecule has 116 valence electrons. The van der Waals surface area contributed by atoms with Crippen molar-refractivity contribution in [1.29, 1.82) is 0 Å². The lowest BCUT2D eigenvalue weighted by Gasteiger charge is -2.58. The molecule has 0 saturated heterocycles. The number of aliphatic hydroxyl groups excluding tert-OH is 1. The molecule has 0 aromatic carbocycles. The van der Waals surface area contributed by atoms with E-state index in [2.05, 4.69) is 20.8 Å². The summed E-state index contributed by atoms with van der Waals surface area (Å²) in [6.45, 7) is 7.78. The Morgan fingerprint density at radius 2 is 1.95 bits per heavy atom. The second-order valence-corrected chi connectivity index (χ2v) is 8.83. The van der Waals surface area contributed by atoms with Crippen LogP contribution in [0.15, 0.2) is 0 Å². The molecule has 5 atom stereocenters. The third-order valence-corrected chi connectivity index (χ3v) is 6.97. The zero-order valence-corrected chi connectivity index (χ0v) is 13.9. The molecule has 0 aliphatic heterocycles. The summed E-state index contributed by atoms with van der Waals surface area (Å²) in [6, 6.07) is 0. The lowest BCUT2D eigenvalue weighted by molar-refractivity contribution is -0.154. The van der Waals surface area contributed by atoms with E-state index < -0.39 is 0 Å². The molecule has 20 heavy (non-hydrogen) atoms. The first-order valence-electron chi connectivity index (χ1n) is 8.20. The summed E-state index contributed by atoms with van der Waals surface area (Å²) >= 11 is 5.84. The van der Waals surface area contributed by atoms with Crippen molar-refractivity contribution in [2.75, 3.05) is 12.5 Å². The zero-order chi connectivity index (χ0) is 14.6. The van der Waals surface area contributed by atoms with Gasteiger partial charge in [-0.15, -0.1) is 11.6 Å². The monoisotopic (exact) mass is 300 g/mol. The molecule has 0 amide bonds. The number of hydrogen-bond donors (Lipinski definition) is 1. The predicted octanol–water partition coefficient (Wildman–Crippen LogP) is 3.99. The Bertz CT molecular complexity index is 383. The molecule has 3 aliphatic carbocycles. The largest absolute Gasteiger partial charge is 0.393 e. The Morgan fingerprint density at radius 1 is 1.20 bits per heavy atom. The molecule has 3 fully saturated rings. The smallest absolute Gasteiger partial charge is 0.0640 e. The molecule has 0 unspecified atom stereocenters. The van der Waals surface area contributed by atoms with E-state index in [1.807, 2.05) is 0 Å². The molecule has 3 aliphatic rings. The van der Waals surface area contributed by atoms with Crippen molar-refractivity contribution in [3.8, 4) is 0 Å². The number of fused-ring (bicyclic) bond motifs is 1. The van der Waals surface area contributed by atoms with E-state index in [1.165, 1.54) is 12.8 Å². The molecule has 2 bridgehead atoms. The number of aliphatic hydroxyl groups is 1. The molecular formula is C17H29ClO2. The minimum Gasteiger partial charge on any atom is -0.393 e. The van der Waals surface area contributed by atoms with Crippen LogP contribution in [-0.2, 0) is 4.74 Å². The summed E-state index contributed by atoms with van der Waals surface area (Å²) in [4.78, 5) is 0. The highest BCUT2D eigenvalue weighted by molar-refractivity contribution is 6.17. The van der Waals surface area contributed by atoms with Crippen molar-refractivity contribution in [2.24, 2.45) is 22.2 Å². The van der Waals surface area contributed by atoms with Crippen molar-refractivity contribution >= 4 is 11.6 Å². The Morgan fingerprint density at radius 3 is 2.65 bits per heavy atom. The Hall–Kier alpha value is 0.210. The first kappa shape index (κ1) is 15.1. The summed E-state index contributed by atoms with van der Waals surface area (Å²) in [5.74, 6) is 1.33. The van der Waals surface area contributed by atoms with Gasteiger partial charge in [0.2, 0.25) is 0 Å². The predicted molar refractivity (Wildman–Crippen MR) is 82.0 cm³/mol. The molecule has 3 heteroatoms. The lowest BCUT2D eigenvalue weighted by atomic mass is 9.49. The molecule has 0 aromatic heterocycles. The number of rotatable bonds is 3. The average molecular weight is 301 g/mol. The fourth-order valence-electron chi connectivity index (χ4n) is 5.93. The van der Waals surface area contributed by atoms with E-state index >= 15 is 0 Å². The van der Waals surface area contributed by atoms with Crippen LogP contribution in [0.4, 0.5) is 0 Å².